The van der Waals surface area contributed by atoms with Gasteiger partial charge < -0.3 is 4.74 Å². The van der Waals surface area contributed by atoms with E-state index in [-0.39, 0.29) is 12.0 Å². The summed E-state index contributed by atoms with van der Waals surface area (Å²) in [6.45, 7) is 10.1. The standard InChI is InChI=1S/C16H25NO2/c1-11(2)13-7-9-14(10-8-13)12(3)17-16(4,5)15(18)19-6/h7-12,17H,1-6H3. The lowest BCUT2D eigenvalue weighted by Crippen LogP contribution is -2.48. The smallest absolute Gasteiger partial charge is 0.325 e. The van der Waals surface area contributed by atoms with E-state index in [0.717, 1.165) is 0 Å². The van der Waals surface area contributed by atoms with Gasteiger partial charge in [0.1, 0.15) is 5.54 Å². The molecule has 1 aromatic carbocycles. The van der Waals surface area contributed by atoms with Gasteiger partial charge in [0, 0.05) is 6.04 Å². The number of hydrogen-bond acceptors (Lipinski definition) is 3. The van der Waals surface area contributed by atoms with Crippen LogP contribution in [0.4, 0.5) is 0 Å². The molecule has 3 heteroatoms. The summed E-state index contributed by atoms with van der Waals surface area (Å²) in [5.41, 5.74) is 1.80. The Morgan fingerprint density at radius 3 is 2.00 bits per heavy atom. The third-order valence-electron chi connectivity index (χ3n) is 3.38. The van der Waals surface area contributed by atoms with E-state index in [1.165, 1.54) is 18.2 Å². The van der Waals surface area contributed by atoms with E-state index in [2.05, 4.69) is 50.4 Å². The number of methoxy groups -OCH3 is 1. The predicted molar refractivity (Wildman–Crippen MR) is 78.2 cm³/mol. The van der Waals surface area contributed by atoms with Crippen molar-refractivity contribution in [1.82, 2.24) is 5.32 Å². The van der Waals surface area contributed by atoms with E-state index < -0.39 is 5.54 Å². The molecule has 0 amide bonds. The normalized spacial score (nSPS) is 13.4. The first-order valence-corrected chi connectivity index (χ1v) is 6.74. The maximum Gasteiger partial charge on any atom is 0.325 e. The molecule has 0 aromatic heterocycles. The second-order valence-electron chi connectivity index (χ2n) is 5.80. The summed E-state index contributed by atoms with van der Waals surface area (Å²) in [5, 5.41) is 3.30. The van der Waals surface area contributed by atoms with Gasteiger partial charge in [-0.3, -0.25) is 10.1 Å². The van der Waals surface area contributed by atoms with Gasteiger partial charge in [-0.1, -0.05) is 38.1 Å². The molecule has 0 heterocycles. The molecule has 0 radical (unpaired) electrons. The molecule has 1 rings (SSSR count). The molecule has 0 saturated carbocycles. The Hall–Kier alpha value is -1.35. The summed E-state index contributed by atoms with van der Waals surface area (Å²) in [5.74, 6) is 0.280. The second kappa shape index (κ2) is 6.20. The highest BCUT2D eigenvalue weighted by Crippen LogP contribution is 2.20. The van der Waals surface area contributed by atoms with Crippen LogP contribution in [0.15, 0.2) is 24.3 Å². The van der Waals surface area contributed by atoms with Crippen LogP contribution in [0.2, 0.25) is 0 Å². The van der Waals surface area contributed by atoms with Gasteiger partial charge in [-0.15, -0.1) is 0 Å². The molecular formula is C16H25NO2. The monoisotopic (exact) mass is 263 g/mol. The first kappa shape index (κ1) is 15.7. The number of esters is 1. The second-order valence-corrected chi connectivity index (χ2v) is 5.80. The topological polar surface area (TPSA) is 38.3 Å². The molecule has 1 unspecified atom stereocenters. The number of nitrogens with one attached hydrogen (secondary N) is 1. The number of benzene rings is 1. The van der Waals surface area contributed by atoms with E-state index in [1.54, 1.807) is 0 Å². The van der Waals surface area contributed by atoms with Gasteiger partial charge >= 0.3 is 5.97 Å². The average molecular weight is 263 g/mol. The van der Waals surface area contributed by atoms with Crippen molar-refractivity contribution in [3.05, 3.63) is 35.4 Å². The quantitative estimate of drug-likeness (QED) is 0.827. The van der Waals surface area contributed by atoms with Gasteiger partial charge in [-0.05, 0) is 37.8 Å². The number of hydrogen-bond donors (Lipinski definition) is 1. The number of ether oxygens (including phenoxy) is 1. The highest BCUT2D eigenvalue weighted by atomic mass is 16.5. The van der Waals surface area contributed by atoms with Gasteiger partial charge in [-0.25, -0.2) is 0 Å². The minimum absolute atomic E-state index is 0.0929. The van der Waals surface area contributed by atoms with Crippen molar-refractivity contribution >= 4 is 5.97 Å². The van der Waals surface area contributed by atoms with Crippen LogP contribution in [0.3, 0.4) is 0 Å². The Balaban J connectivity index is 2.78. The summed E-state index contributed by atoms with van der Waals surface area (Å²) < 4.78 is 4.80. The van der Waals surface area contributed by atoms with E-state index >= 15 is 0 Å². The van der Waals surface area contributed by atoms with Crippen molar-refractivity contribution in [2.75, 3.05) is 7.11 Å². The molecule has 0 spiro atoms. The number of carbonyl (C=O) groups is 1. The minimum Gasteiger partial charge on any atom is -0.468 e. The highest BCUT2D eigenvalue weighted by molar-refractivity contribution is 5.79. The van der Waals surface area contributed by atoms with Gasteiger partial charge in [0.15, 0.2) is 0 Å². The Morgan fingerprint density at radius 1 is 1.11 bits per heavy atom. The van der Waals surface area contributed by atoms with Crippen molar-refractivity contribution in [2.24, 2.45) is 0 Å². The molecule has 0 aliphatic rings. The Labute approximate surface area is 116 Å². The lowest BCUT2D eigenvalue weighted by molar-refractivity contribution is -0.147. The van der Waals surface area contributed by atoms with Crippen LogP contribution in [0.25, 0.3) is 0 Å². The highest BCUT2D eigenvalue weighted by Gasteiger charge is 2.30. The van der Waals surface area contributed by atoms with Crippen molar-refractivity contribution in [1.29, 1.82) is 0 Å². The van der Waals surface area contributed by atoms with Crippen LogP contribution in [0.1, 0.15) is 57.7 Å². The van der Waals surface area contributed by atoms with Crippen LogP contribution in [0.5, 0.6) is 0 Å². The van der Waals surface area contributed by atoms with Crippen LogP contribution < -0.4 is 5.32 Å². The zero-order chi connectivity index (χ0) is 14.6. The van der Waals surface area contributed by atoms with E-state index in [4.69, 9.17) is 4.74 Å². The maximum atomic E-state index is 11.7. The summed E-state index contributed by atoms with van der Waals surface area (Å²) in [6.07, 6.45) is 0. The zero-order valence-electron chi connectivity index (χ0n) is 12.8. The van der Waals surface area contributed by atoms with Crippen molar-refractivity contribution < 1.29 is 9.53 Å². The molecular weight excluding hydrogens is 238 g/mol. The van der Waals surface area contributed by atoms with Crippen LogP contribution in [-0.2, 0) is 9.53 Å². The van der Waals surface area contributed by atoms with Gasteiger partial charge in [0.2, 0.25) is 0 Å². The van der Waals surface area contributed by atoms with E-state index in [9.17, 15) is 4.79 Å². The van der Waals surface area contributed by atoms with Gasteiger partial charge in [-0.2, -0.15) is 0 Å². The SMILES string of the molecule is COC(=O)C(C)(C)NC(C)c1ccc(C(C)C)cc1. The lowest BCUT2D eigenvalue weighted by Gasteiger charge is -2.28. The van der Waals surface area contributed by atoms with Crippen LogP contribution in [-0.4, -0.2) is 18.6 Å². The first-order chi connectivity index (χ1) is 8.77. The molecule has 19 heavy (non-hydrogen) atoms. The largest absolute Gasteiger partial charge is 0.468 e. The van der Waals surface area contributed by atoms with E-state index in [1.807, 2.05) is 13.8 Å². The molecule has 1 N–H and O–H groups in total. The average Bonchev–Trinajstić information content (AvgIpc) is 2.37. The molecule has 0 aliphatic carbocycles. The molecule has 0 saturated heterocycles. The summed E-state index contributed by atoms with van der Waals surface area (Å²) in [7, 11) is 1.41. The molecule has 0 fully saturated rings. The third kappa shape index (κ3) is 4.06. The molecule has 1 aromatic rings. The number of rotatable bonds is 5. The Kier molecular flexibility index (Phi) is 5.12. The summed E-state index contributed by atoms with van der Waals surface area (Å²) >= 11 is 0. The molecule has 106 valence electrons. The van der Waals surface area contributed by atoms with Crippen LogP contribution in [0, 0.1) is 0 Å². The molecule has 0 bridgehead atoms. The predicted octanol–water partition coefficient (Wildman–Crippen LogP) is 3.41. The fourth-order valence-corrected chi connectivity index (χ4v) is 2.11. The van der Waals surface area contributed by atoms with Crippen molar-refractivity contribution in [3.63, 3.8) is 0 Å². The molecule has 1 atom stereocenters. The molecule has 3 nitrogen and oxygen atoms in total. The number of carbonyl (C=O) groups excluding carboxylic acids is 1. The van der Waals surface area contributed by atoms with Gasteiger partial charge in [0.25, 0.3) is 0 Å². The van der Waals surface area contributed by atoms with Gasteiger partial charge in [0.05, 0.1) is 7.11 Å². The zero-order valence-corrected chi connectivity index (χ0v) is 12.8. The first-order valence-electron chi connectivity index (χ1n) is 6.74. The summed E-state index contributed by atoms with van der Waals surface area (Å²) in [4.78, 5) is 11.7. The minimum atomic E-state index is -0.690. The fraction of sp³-hybridized carbons (Fsp3) is 0.562. The fourth-order valence-electron chi connectivity index (χ4n) is 2.11. The lowest BCUT2D eigenvalue weighted by atomic mass is 9.97. The van der Waals surface area contributed by atoms with Crippen molar-refractivity contribution in [2.45, 2.75) is 52.1 Å². The van der Waals surface area contributed by atoms with Crippen molar-refractivity contribution in [3.8, 4) is 0 Å². The Bertz CT molecular complexity index is 421. The summed E-state index contributed by atoms with van der Waals surface area (Å²) in [6, 6.07) is 8.60. The van der Waals surface area contributed by atoms with Crippen LogP contribution >= 0.6 is 0 Å². The maximum absolute atomic E-state index is 11.7. The Morgan fingerprint density at radius 2 is 1.58 bits per heavy atom. The van der Waals surface area contributed by atoms with E-state index in [0.29, 0.717) is 5.92 Å². The third-order valence-corrected chi connectivity index (χ3v) is 3.38. The molecule has 0 aliphatic heterocycles.